The molecule has 1 aliphatic heterocycles. The van der Waals surface area contributed by atoms with Crippen molar-refractivity contribution in [3.63, 3.8) is 0 Å². The summed E-state index contributed by atoms with van der Waals surface area (Å²) in [6, 6.07) is 4.59. The molecule has 2 N–H and O–H groups in total. The number of fused-ring (bicyclic) bond motifs is 1. The summed E-state index contributed by atoms with van der Waals surface area (Å²) in [4.78, 5) is 63.5. The Balaban J connectivity index is 1.60. The Morgan fingerprint density at radius 3 is 2.22 bits per heavy atom. The zero-order valence-corrected chi connectivity index (χ0v) is 18.4. The second kappa shape index (κ2) is 10.4. The summed E-state index contributed by atoms with van der Waals surface area (Å²) in [7, 11) is 0. The van der Waals surface area contributed by atoms with Gasteiger partial charge in [-0.15, -0.1) is 0 Å². The molecule has 172 valence electrons. The van der Waals surface area contributed by atoms with Gasteiger partial charge in [0.15, 0.2) is 6.61 Å². The monoisotopic (exact) mass is 443 g/mol. The van der Waals surface area contributed by atoms with Crippen molar-refractivity contribution in [3.8, 4) is 0 Å². The quantitative estimate of drug-likeness (QED) is 0.493. The van der Waals surface area contributed by atoms with Crippen molar-refractivity contribution in [1.29, 1.82) is 0 Å². The van der Waals surface area contributed by atoms with Crippen molar-refractivity contribution in [3.05, 3.63) is 35.4 Å². The molecule has 1 aromatic carbocycles. The van der Waals surface area contributed by atoms with Crippen LogP contribution < -0.4 is 10.6 Å². The van der Waals surface area contributed by atoms with Crippen molar-refractivity contribution >= 4 is 29.7 Å². The number of esters is 1. The van der Waals surface area contributed by atoms with E-state index in [0.29, 0.717) is 6.42 Å². The maximum atomic E-state index is 12.8. The van der Waals surface area contributed by atoms with E-state index in [0.717, 1.165) is 37.0 Å². The highest BCUT2D eigenvalue weighted by Gasteiger charge is 2.45. The van der Waals surface area contributed by atoms with E-state index in [-0.39, 0.29) is 23.1 Å². The van der Waals surface area contributed by atoms with Crippen LogP contribution in [0.5, 0.6) is 0 Å². The number of hydrogen-bond donors (Lipinski definition) is 2. The van der Waals surface area contributed by atoms with E-state index in [1.54, 1.807) is 19.1 Å². The lowest BCUT2D eigenvalue weighted by molar-refractivity contribution is -0.153. The summed E-state index contributed by atoms with van der Waals surface area (Å²) in [5.74, 6) is -3.16. The number of carbonyl (C=O) groups excluding carboxylic acids is 5. The first-order valence-corrected chi connectivity index (χ1v) is 11.1. The number of benzene rings is 1. The van der Waals surface area contributed by atoms with E-state index in [1.165, 1.54) is 12.1 Å². The van der Waals surface area contributed by atoms with E-state index in [2.05, 4.69) is 10.6 Å². The molecule has 1 aliphatic carbocycles. The predicted molar refractivity (Wildman–Crippen MR) is 115 cm³/mol. The molecule has 3 rings (SSSR count). The van der Waals surface area contributed by atoms with Gasteiger partial charge in [0.05, 0.1) is 11.1 Å². The molecule has 5 amide bonds. The lowest BCUT2D eigenvalue weighted by atomic mass is 9.96. The van der Waals surface area contributed by atoms with Crippen molar-refractivity contribution < 1.29 is 28.7 Å². The van der Waals surface area contributed by atoms with Crippen LogP contribution in [-0.4, -0.2) is 53.3 Å². The van der Waals surface area contributed by atoms with Gasteiger partial charge in [0.25, 0.3) is 17.7 Å². The number of carbonyl (C=O) groups is 5. The van der Waals surface area contributed by atoms with E-state index >= 15 is 0 Å². The van der Waals surface area contributed by atoms with Crippen LogP contribution in [0.1, 0.15) is 73.1 Å². The molecule has 2 atom stereocenters. The summed E-state index contributed by atoms with van der Waals surface area (Å²) in [5.41, 5.74) is 0.464. The Morgan fingerprint density at radius 1 is 1.06 bits per heavy atom. The Kier molecular flexibility index (Phi) is 7.61. The van der Waals surface area contributed by atoms with Crippen LogP contribution in [0.2, 0.25) is 0 Å². The molecule has 9 heteroatoms. The summed E-state index contributed by atoms with van der Waals surface area (Å²) in [5, 5.41) is 4.90. The predicted octanol–water partition coefficient (Wildman–Crippen LogP) is 2.40. The van der Waals surface area contributed by atoms with Gasteiger partial charge >= 0.3 is 12.0 Å². The van der Waals surface area contributed by atoms with Gasteiger partial charge in [-0.3, -0.25) is 24.6 Å². The van der Waals surface area contributed by atoms with Crippen LogP contribution in [0.25, 0.3) is 0 Å². The molecule has 1 aromatic rings. The molecule has 0 unspecified atom stereocenters. The van der Waals surface area contributed by atoms with Gasteiger partial charge in [0.1, 0.15) is 6.04 Å². The van der Waals surface area contributed by atoms with Crippen LogP contribution in [0.3, 0.4) is 0 Å². The number of rotatable bonds is 7. The zero-order chi connectivity index (χ0) is 23.3. The molecule has 0 spiro atoms. The smallest absolute Gasteiger partial charge is 0.330 e. The van der Waals surface area contributed by atoms with Gasteiger partial charge in [-0.2, -0.15) is 0 Å². The molecule has 32 heavy (non-hydrogen) atoms. The third-order valence-electron chi connectivity index (χ3n) is 6.07. The van der Waals surface area contributed by atoms with Gasteiger partial charge in [0.2, 0.25) is 0 Å². The largest absolute Gasteiger partial charge is 0.454 e. The van der Waals surface area contributed by atoms with Crippen molar-refractivity contribution in [2.75, 3.05) is 6.61 Å². The lowest BCUT2D eigenvalue weighted by Gasteiger charge is -2.28. The number of amides is 5. The summed E-state index contributed by atoms with van der Waals surface area (Å²) < 4.78 is 5.11. The Morgan fingerprint density at radius 2 is 1.66 bits per heavy atom. The van der Waals surface area contributed by atoms with Gasteiger partial charge in [-0.05, 0) is 30.9 Å². The molecule has 0 bridgehead atoms. The van der Waals surface area contributed by atoms with Crippen molar-refractivity contribution in [1.82, 2.24) is 15.5 Å². The first-order chi connectivity index (χ1) is 15.3. The van der Waals surface area contributed by atoms with Crippen LogP contribution in [0.15, 0.2) is 24.3 Å². The molecule has 9 nitrogen and oxygen atoms in total. The van der Waals surface area contributed by atoms with Gasteiger partial charge in [-0.1, -0.05) is 51.7 Å². The highest BCUT2D eigenvalue weighted by atomic mass is 16.5. The fraction of sp³-hybridized carbons (Fsp3) is 0.522. The average Bonchev–Trinajstić information content (AvgIpc) is 3.03. The van der Waals surface area contributed by atoms with Gasteiger partial charge in [-0.25, -0.2) is 9.59 Å². The van der Waals surface area contributed by atoms with E-state index in [1.807, 2.05) is 6.92 Å². The number of imide groups is 2. The summed E-state index contributed by atoms with van der Waals surface area (Å²) in [6.45, 7) is 2.87. The minimum absolute atomic E-state index is 0.0303. The van der Waals surface area contributed by atoms with Crippen LogP contribution in [0, 0.1) is 5.92 Å². The second-order valence-electron chi connectivity index (χ2n) is 8.32. The third kappa shape index (κ3) is 5.15. The van der Waals surface area contributed by atoms with Crippen LogP contribution in [0.4, 0.5) is 4.79 Å². The number of ether oxygens (including phenoxy) is 1. The zero-order valence-electron chi connectivity index (χ0n) is 18.4. The fourth-order valence-electron chi connectivity index (χ4n) is 4.13. The molecule has 1 fully saturated rings. The standard InChI is InChI=1S/C23H29N3O6/c1-3-14(2)19(26-20(28)16-11-7-8-12-17(16)21(26)29)22(30)32-13-18(27)25-23(31)24-15-9-5-4-6-10-15/h7-8,11-12,14-15,19H,3-6,9-10,13H2,1-2H3,(H2,24,25,27,31)/t14-,19-/m0/s1. The SMILES string of the molecule is CC[C@H](C)[C@@H](C(=O)OCC(=O)NC(=O)NC1CCCCC1)N1C(=O)c2ccccc2C1=O. The minimum atomic E-state index is -1.17. The van der Waals surface area contributed by atoms with Gasteiger partial charge < -0.3 is 10.1 Å². The fourth-order valence-corrected chi connectivity index (χ4v) is 4.13. The molecule has 2 aliphatic rings. The van der Waals surface area contributed by atoms with Gasteiger partial charge in [0, 0.05) is 6.04 Å². The maximum Gasteiger partial charge on any atom is 0.330 e. The minimum Gasteiger partial charge on any atom is -0.454 e. The summed E-state index contributed by atoms with van der Waals surface area (Å²) in [6.07, 6.45) is 5.44. The molecule has 1 saturated carbocycles. The third-order valence-corrected chi connectivity index (χ3v) is 6.07. The lowest BCUT2D eigenvalue weighted by Crippen LogP contribution is -2.50. The molecular formula is C23H29N3O6. The van der Waals surface area contributed by atoms with E-state index in [4.69, 9.17) is 4.74 Å². The summed E-state index contributed by atoms with van der Waals surface area (Å²) >= 11 is 0. The normalized spacial score (nSPS) is 18.0. The molecule has 0 saturated heterocycles. The van der Waals surface area contributed by atoms with Crippen LogP contribution >= 0.6 is 0 Å². The average molecular weight is 444 g/mol. The Hall–Kier alpha value is -3.23. The molecule has 0 radical (unpaired) electrons. The first-order valence-electron chi connectivity index (χ1n) is 11.1. The highest BCUT2D eigenvalue weighted by molar-refractivity contribution is 6.22. The first kappa shape index (κ1) is 23.4. The molecule has 1 heterocycles. The highest BCUT2D eigenvalue weighted by Crippen LogP contribution is 2.28. The Labute approximate surface area is 186 Å². The van der Waals surface area contributed by atoms with Crippen LogP contribution in [-0.2, 0) is 14.3 Å². The maximum absolute atomic E-state index is 12.8. The number of hydrogen-bond acceptors (Lipinski definition) is 6. The number of urea groups is 1. The Bertz CT molecular complexity index is 874. The second-order valence-corrected chi connectivity index (χ2v) is 8.32. The van der Waals surface area contributed by atoms with E-state index in [9.17, 15) is 24.0 Å². The van der Waals surface area contributed by atoms with Crippen molar-refractivity contribution in [2.45, 2.75) is 64.5 Å². The molecule has 0 aromatic heterocycles. The van der Waals surface area contributed by atoms with E-state index < -0.39 is 42.4 Å². The van der Waals surface area contributed by atoms with Crippen molar-refractivity contribution in [2.24, 2.45) is 5.92 Å². The number of nitrogens with one attached hydrogen (secondary N) is 2. The molecular weight excluding hydrogens is 414 g/mol. The number of nitrogens with zero attached hydrogens (tertiary/aromatic N) is 1. The topological polar surface area (TPSA) is 122 Å².